The molecule has 4 radical (unpaired) electrons. The van der Waals surface area contributed by atoms with E-state index in [1.165, 1.54) is 0 Å². The van der Waals surface area contributed by atoms with Gasteiger partial charge in [-0.15, -0.1) is 0 Å². The van der Waals surface area contributed by atoms with E-state index in [4.69, 9.17) is 4.79 Å². The molecule has 0 aromatic rings. The van der Waals surface area contributed by atoms with Crippen LogP contribution < -0.4 is 11.5 Å². The van der Waals surface area contributed by atoms with Crippen molar-refractivity contribution in [3.63, 3.8) is 0 Å². The number of rotatable bonds is 0. The molecule has 0 bridgehead atoms. The number of carbonyl (C=O) groups excluding carboxylic acids is 1. The number of carbonyl (C=O) groups is 1. The molecule has 0 saturated carbocycles. The third-order valence-electron chi connectivity index (χ3n) is 0. The molecule has 0 atom stereocenters. The van der Waals surface area contributed by atoms with Crippen LogP contribution in [0.1, 0.15) is 0 Å². The molecule has 0 aromatic heterocycles. The fourth-order valence-corrected chi connectivity index (χ4v) is 0. The second kappa shape index (κ2) is 22.4. The Kier molecular flexibility index (Phi) is 84.8. The zero-order chi connectivity index (χ0) is 3.58. The molecule has 3 nitrogen and oxygen atoms in total. The maximum Gasteiger partial charge on any atom is 0.309 e. The molecule has 0 heterocycles. The van der Waals surface area contributed by atoms with Crippen molar-refractivity contribution >= 4 is 124 Å². The molecular formula is CH4N2Na4O. The molecule has 0 spiro atoms. The Bertz CT molecular complexity index is 37.0. The van der Waals surface area contributed by atoms with Crippen LogP contribution in [0.2, 0.25) is 0 Å². The van der Waals surface area contributed by atoms with Crippen LogP contribution in [0.5, 0.6) is 0 Å². The smallest absolute Gasteiger partial charge is 0.309 e. The first-order valence-corrected chi connectivity index (χ1v) is 0.781. The molecule has 7 heteroatoms. The fraction of sp³-hybridized carbons (Fsp3) is 0. The molecule has 8 heavy (non-hydrogen) atoms. The first-order chi connectivity index (χ1) is 1.73. The molecule has 0 saturated heterocycles. The number of nitrogens with two attached hydrogens (primary N) is 2. The number of urea groups is 1. The standard InChI is InChI=1S/CH4N2O.4Na/c2-1(3)4;;;;/h(H4,2,3,4);;;;. The molecule has 0 aliphatic carbocycles. The molecule has 0 aromatic carbocycles. The van der Waals surface area contributed by atoms with E-state index < -0.39 is 6.03 Å². The molecular weight excluding hydrogens is 148 g/mol. The first kappa shape index (κ1) is 30.2. The summed E-state index contributed by atoms with van der Waals surface area (Å²) in [5.74, 6) is 0. The van der Waals surface area contributed by atoms with E-state index in [0.717, 1.165) is 0 Å². The number of hydrogen-bond acceptors (Lipinski definition) is 1. The summed E-state index contributed by atoms with van der Waals surface area (Å²) in [7, 11) is 0. The van der Waals surface area contributed by atoms with Gasteiger partial charge in [-0.1, -0.05) is 0 Å². The summed E-state index contributed by atoms with van der Waals surface area (Å²) in [4.78, 5) is 9.00. The van der Waals surface area contributed by atoms with E-state index in [0.29, 0.717) is 0 Å². The Morgan fingerprint density at radius 1 is 0.875 bits per heavy atom. The van der Waals surface area contributed by atoms with Crippen LogP contribution in [0, 0.1) is 0 Å². The van der Waals surface area contributed by atoms with E-state index in [2.05, 4.69) is 11.5 Å². The van der Waals surface area contributed by atoms with E-state index >= 15 is 0 Å². The van der Waals surface area contributed by atoms with Gasteiger partial charge in [0.1, 0.15) is 0 Å². The van der Waals surface area contributed by atoms with Gasteiger partial charge in [-0.2, -0.15) is 0 Å². The summed E-state index contributed by atoms with van der Waals surface area (Å²) in [5, 5.41) is 0. The SMILES string of the molecule is NC(N)=O.[Na].[Na].[Na].[Na]. The summed E-state index contributed by atoms with van der Waals surface area (Å²) in [6.07, 6.45) is 0. The van der Waals surface area contributed by atoms with Gasteiger partial charge in [-0.3, -0.25) is 0 Å². The van der Waals surface area contributed by atoms with Crippen molar-refractivity contribution in [1.29, 1.82) is 0 Å². The Hall–Kier alpha value is 3.27. The van der Waals surface area contributed by atoms with E-state index in [-0.39, 0.29) is 118 Å². The third-order valence-corrected chi connectivity index (χ3v) is 0. The molecule has 0 aliphatic heterocycles. The monoisotopic (exact) mass is 152 g/mol. The predicted octanol–water partition coefficient (Wildman–Crippen LogP) is -2.50. The van der Waals surface area contributed by atoms with Crippen LogP contribution in [-0.4, -0.2) is 124 Å². The Balaban J connectivity index is -0.00000000750. The van der Waals surface area contributed by atoms with Gasteiger partial charge in [-0.05, 0) is 0 Å². The number of primary amides is 2. The average Bonchev–Trinajstić information content (AvgIpc) is 0.811. The zero-order valence-corrected chi connectivity index (χ0v) is 14.1. The molecule has 0 aliphatic rings. The minimum Gasteiger partial charge on any atom is -0.352 e. The van der Waals surface area contributed by atoms with Crippen molar-refractivity contribution in [2.24, 2.45) is 11.5 Å². The Labute approximate surface area is 137 Å². The molecule has 28 valence electrons. The van der Waals surface area contributed by atoms with Crippen molar-refractivity contribution in [2.75, 3.05) is 0 Å². The van der Waals surface area contributed by atoms with Gasteiger partial charge in [0.25, 0.3) is 0 Å². The molecule has 4 N–H and O–H groups in total. The van der Waals surface area contributed by atoms with E-state index in [9.17, 15) is 0 Å². The Morgan fingerprint density at radius 3 is 0.875 bits per heavy atom. The first-order valence-electron chi connectivity index (χ1n) is 0.781. The minimum atomic E-state index is -0.833. The second-order valence-corrected chi connectivity index (χ2v) is 0.402. The summed E-state index contributed by atoms with van der Waals surface area (Å²) >= 11 is 0. The van der Waals surface area contributed by atoms with Crippen LogP contribution >= 0.6 is 0 Å². The van der Waals surface area contributed by atoms with E-state index in [1.807, 2.05) is 0 Å². The fourth-order valence-electron chi connectivity index (χ4n) is 0. The maximum atomic E-state index is 9.00. The van der Waals surface area contributed by atoms with E-state index in [1.54, 1.807) is 0 Å². The third kappa shape index (κ3) is 59.3. The normalized spacial score (nSPS) is 3.00. The van der Waals surface area contributed by atoms with Crippen molar-refractivity contribution < 1.29 is 4.79 Å². The minimum absolute atomic E-state index is 0. The van der Waals surface area contributed by atoms with Gasteiger partial charge in [0.15, 0.2) is 0 Å². The van der Waals surface area contributed by atoms with Crippen LogP contribution in [0.3, 0.4) is 0 Å². The molecule has 0 fully saturated rings. The molecule has 0 rings (SSSR count). The van der Waals surface area contributed by atoms with Crippen LogP contribution in [0.4, 0.5) is 4.79 Å². The number of hydrogen-bond donors (Lipinski definition) is 2. The largest absolute Gasteiger partial charge is 0.352 e. The van der Waals surface area contributed by atoms with Crippen molar-refractivity contribution in [1.82, 2.24) is 0 Å². The van der Waals surface area contributed by atoms with Gasteiger partial charge in [0.05, 0.1) is 0 Å². The van der Waals surface area contributed by atoms with Gasteiger partial charge < -0.3 is 11.5 Å². The van der Waals surface area contributed by atoms with Crippen molar-refractivity contribution in [3.8, 4) is 0 Å². The van der Waals surface area contributed by atoms with Crippen molar-refractivity contribution in [3.05, 3.63) is 0 Å². The van der Waals surface area contributed by atoms with Crippen LogP contribution in [0.15, 0.2) is 0 Å². The predicted molar refractivity (Wildman–Crippen MR) is 36.8 cm³/mol. The quantitative estimate of drug-likeness (QED) is 0.370. The zero-order valence-electron chi connectivity index (χ0n) is 6.06. The van der Waals surface area contributed by atoms with Crippen molar-refractivity contribution in [2.45, 2.75) is 0 Å². The molecule has 2 amide bonds. The topological polar surface area (TPSA) is 69.1 Å². The summed E-state index contributed by atoms with van der Waals surface area (Å²) in [6.45, 7) is 0. The van der Waals surface area contributed by atoms with Gasteiger partial charge >= 0.3 is 6.03 Å². The van der Waals surface area contributed by atoms with Gasteiger partial charge in [0, 0.05) is 118 Å². The average molecular weight is 152 g/mol. The summed E-state index contributed by atoms with van der Waals surface area (Å²) in [6, 6.07) is -0.833. The van der Waals surface area contributed by atoms with Gasteiger partial charge in [0.2, 0.25) is 0 Å². The van der Waals surface area contributed by atoms with Crippen LogP contribution in [0.25, 0.3) is 0 Å². The summed E-state index contributed by atoms with van der Waals surface area (Å²) in [5.41, 5.74) is 8.50. The Morgan fingerprint density at radius 2 is 0.875 bits per heavy atom. The second-order valence-electron chi connectivity index (χ2n) is 0.402. The van der Waals surface area contributed by atoms with Crippen LogP contribution in [-0.2, 0) is 0 Å². The number of amides is 2. The van der Waals surface area contributed by atoms with Gasteiger partial charge in [-0.25, -0.2) is 4.79 Å². The summed E-state index contributed by atoms with van der Waals surface area (Å²) < 4.78 is 0. The molecule has 0 unspecified atom stereocenters. The maximum absolute atomic E-state index is 9.00.